The maximum Gasteiger partial charge on any atom is 0.0665 e. The third-order valence-electron chi connectivity index (χ3n) is 3.75. The van der Waals surface area contributed by atoms with E-state index >= 15 is 0 Å². The zero-order valence-electron chi connectivity index (χ0n) is 10.1. The Kier molecular flexibility index (Phi) is 2.01. The quantitative estimate of drug-likeness (QED) is 0.524. The van der Waals surface area contributed by atoms with Crippen molar-refractivity contribution in [3.05, 3.63) is 59.9 Å². The van der Waals surface area contributed by atoms with Gasteiger partial charge in [0.2, 0.25) is 0 Å². The molecule has 0 spiro atoms. The molecule has 1 heteroatoms. The highest BCUT2D eigenvalue weighted by Gasteiger charge is 2.12. The van der Waals surface area contributed by atoms with E-state index in [1.807, 2.05) is 6.20 Å². The molecule has 0 saturated heterocycles. The van der Waals surface area contributed by atoms with Crippen molar-refractivity contribution in [2.24, 2.45) is 0 Å². The Balaban J connectivity index is 2.25. The molecule has 0 amide bonds. The molecular weight excluding hydrogens is 218 g/mol. The van der Waals surface area contributed by atoms with Crippen LogP contribution in [0.1, 0.15) is 17.7 Å². The molecule has 2 aromatic carbocycles. The average Bonchev–Trinajstić information content (AvgIpc) is 2.46. The van der Waals surface area contributed by atoms with Gasteiger partial charge in [0.15, 0.2) is 0 Å². The van der Waals surface area contributed by atoms with E-state index in [4.69, 9.17) is 0 Å². The summed E-state index contributed by atoms with van der Waals surface area (Å²) in [4.78, 5) is 4.57. The smallest absolute Gasteiger partial charge is 0.0665 e. The van der Waals surface area contributed by atoms with Gasteiger partial charge in [0.05, 0.1) is 5.69 Å². The molecule has 0 unspecified atom stereocenters. The molecule has 0 bridgehead atoms. The lowest BCUT2D eigenvalue weighted by Gasteiger charge is -2.14. The number of rotatable bonds is 0. The lowest BCUT2D eigenvalue weighted by molar-refractivity contribution is 0.979. The number of fused-ring (bicyclic) bond motifs is 5. The highest BCUT2D eigenvalue weighted by Crippen LogP contribution is 2.32. The minimum Gasteiger partial charge on any atom is -0.256 e. The van der Waals surface area contributed by atoms with Crippen molar-refractivity contribution in [1.82, 2.24) is 4.98 Å². The summed E-state index contributed by atoms with van der Waals surface area (Å²) in [7, 11) is 0. The van der Waals surface area contributed by atoms with Crippen LogP contribution in [0.25, 0.3) is 27.6 Å². The molecule has 18 heavy (non-hydrogen) atoms. The van der Waals surface area contributed by atoms with Crippen LogP contribution in [0.15, 0.2) is 48.7 Å². The van der Waals surface area contributed by atoms with Gasteiger partial charge in [-0.25, -0.2) is 0 Å². The van der Waals surface area contributed by atoms with Crippen LogP contribution >= 0.6 is 0 Å². The molecule has 0 N–H and O–H groups in total. The second-order valence-electron chi connectivity index (χ2n) is 4.81. The molecule has 0 saturated carbocycles. The van der Waals surface area contributed by atoms with Crippen molar-refractivity contribution in [2.75, 3.05) is 0 Å². The fourth-order valence-electron chi connectivity index (χ4n) is 2.90. The van der Waals surface area contributed by atoms with Gasteiger partial charge in [0, 0.05) is 11.6 Å². The summed E-state index contributed by atoms with van der Waals surface area (Å²) in [5, 5.41) is 5.31. The van der Waals surface area contributed by atoms with Gasteiger partial charge in [-0.05, 0) is 40.6 Å². The van der Waals surface area contributed by atoms with Crippen molar-refractivity contribution in [3.8, 4) is 0 Å². The van der Waals surface area contributed by atoms with Gasteiger partial charge in [-0.2, -0.15) is 0 Å². The number of benzene rings is 2. The van der Waals surface area contributed by atoms with Gasteiger partial charge in [-0.15, -0.1) is 0 Å². The van der Waals surface area contributed by atoms with Crippen LogP contribution in [0.5, 0.6) is 0 Å². The summed E-state index contributed by atoms with van der Waals surface area (Å²) in [6.45, 7) is 0. The minimum atomic E-state index is 1.10. The lowest BCUT2D eigenvalue weighted by atomic mass is 9.93. The van der Waals surface area contributed by atoms with Gasteiger partial charge < -0.3 is 0 Å². The molecule has 1 aliphatic carbocycles. The minimum absolute atomic E-state index is 1.10. The van der Waals surface area contributed by atoms with Crippen molar-refractivity contribution >= 4 is 27.6 Å². The molecule has 86 valence electrons. The SMILES string of the molecule is C1=Cc2ncc3ccc4ccccc4c3c2CC1. The number of allylic oxidation sites excluding steroid dienone is 1. The Morgan fingerprint density at radius 3 is 2.83 bits per heavy atom. The molecular formula is C17H13N. The Hall–Kier alpha value is -2.15. The zero-order valence-corrected chi connectivity index (χ0v) is 10.1. The summed E-state index contributed by atoms with van der Waals surface area (Å²) in [6, 6.07) is 13.0. The topological polar surface area (TPSA) is 12.9 Å². The summed E-state index contributed by atoms with van der Waals surface area (Å²) in [5.74, 6) is 0. The number of aryl methyl sites for hydroxylation is 1. The molecule has 0 aliphatic heterocycles. The van der Waals surface area contributed by atoms with Gasteiger partial charge in [-0.3, -0.25) is 4.98 Å². The Morgan fingerprint density at radius 1 is 0.944 bits per heavy atom. The lowest BCUT2D eigenvalue weighted by Crippen LogP contribution is -1.98. The summed E-state index contributed by atoms with van der Waals surface area (Å²) in [5.41, 5.74) is 2.55. The van der Waals surface area contributed by atoms with Crippen LogP contribution in [0, 0.1) is 0 Å². The van der Waals surface area contributed by atoms with Gasteiger partial charge in [0.1, 0.15) is 0 Å². The first-order chi connectivity index (χ1) is 8.93. The van der Waals surface area contributed by atoms with E-state index in [1.165, 1.54) is 27.1 Å². The van der Waals surface area contributed by atoms with Crippen molar-refractivity contribution in [2.45, 2.75) is 12.8 Å². The summed E-state index contributed by atoms with van der Waals surface area (Å²) >= 11 is 0. The number of pyridine rings is 1. The molecule has 3 aromatic rings. The van der Waals surface area contributed by atoms with E-state index in [1.54, 1.807) is 0 Å². The maximum absolute atomic E-state index is 4.57. The third-order valence-corrected chi connectivity index (χ3v) is 3.75. The summed E-state index contributed by atoms with van der Waals surface area (Å²) in [6.07, 6.45) is 8.59. The monoisotopic (exact) mass is 231 g/mol. The number of nitrogens with zero attached hydrogens (tertiary/aromatic N) is 1. The predicted octanol–water partition coefficient (Wildman–Crippen LogP) is 4.35. The molecule has 1 heterocycles. The second-order valence-corrected chi connectivity index (χ2v) is 4.81. The number of hydrogen-bond donors (Lipinski definition) is 0. The Labute approximate surface area is 106 Å². The Bertz CT molecular complexity index is 784. The van der Waals surface area contributed by atoms with E-state index < -0.39 is 0 Å². The zero-order chi connectivity index (χ0) is 11.9. The van der Waals surface area contributed by atoms with E-state index in [0.29, 0.717) is 0 Å². The first-order valence-corrected chi connectivity index (χ1v) is 6.39. The molecule has 1 aliphatic rings. The van der Waals surface area contributed by atoms with E-state index in [-0.39, 0.29) is 0 Å². The van der Waals surface area contributed by atoms with E-state index in [0.717, 1.165) is 18.5 Å². The van der Waals surface area contributed by atoms with Crippen LogP contribution < -0.4 is 0 Å². The number of hydrogen-bond acceptors (Lipinski definition) is 1. The van der Waals surface area contributed by atoms with E-state index in [2.05, 4.69) is 53.5 Å². The van der Waals surface area contributed by atoms with E-state index in [9.17, 15) is 0 Å². The molecule has 0 radical (unpaired) electrons. The van der Waals surface area contributed by atoms with Crippen LogP contribution in [0.4, 0.5) is 0 Å². The highest BCUT2D eigenvalue weighted by atomic mass is 14.7. The van der Waals surface area contributed by atoms with Crippen molar-refractivity contribution in [1.29, 1.82) is 0 Å². The number of aromatic nitrogens is 1. The Morgan fingerprint density at radius 2 is 1.83 bits per heavy atom. The van der Waals surface area contributed by atoms with Gasteiger partial charge in [0.25, 0.3) is 0 Å². The molecule has 1 aromatic heterocycles. The van der Waals surface area contributed by atoms with Crippen LogP contribution in [0.3, 0.4) is 0 Å². The summed E-state index contributed by atoms with van der Waals surface area (Å²) < 4.78 is 0. The van der Waals surface area contributed by atoms with Gasteiger partial charge in [-0.1, -0.05) is 42.5 Å². The predicted molar refractivity (Wildman–Crippen MR) is 76.6 cm³/mol. The molecule has 4 rings (SSSR count). The normalized spacial score (nSPS) is 14.0. The van der Waals surface area contributed by atoms with Crippen LogP contribution in [-0.2, 0) is 6.42 Å². The fraction of sp³-hybridized carbons (Fsp3) is 0.118. The third kappa shape index (κ3) is 1.31. The average molecular weight is 231 g/mol. The van der Waals surface area contributed by atoms with Crippen molar-refractivity contribution < 1.29 is 0 Å². The fourth-order valence-corrected chi connectivity index (χ4v) is 2.90. The first kappa shape index (κ1) is 9.84. The van der Waals surface area contributed by atoms with Crippen LogP contribution in [-0.4, -0.2) is 4.98 Å². The van der Waals surface area contributed by atoms with Crippen molar-refractivity contribution in [3.63, 3.8) is 0 Å². The first-order valence-electron chi connectivity index (χ1n) is 6.39. The second kappa shape index (κ2) is 3.67. The molecule has 0 atom stereocenters. The maximum atomic E-state index is 4.57. The highest BCUT2D eigenvalue weighted by molar-refractivity contribution is 6.09. The molecule has 1 nitrogen and oxygen atoms in total. The van der Waals surface area contributed by atoms with Crippen LogP contribution in [0.2, 0.25) is 0 Å². The largest absolute Gasteiger partial charge is 0.256 e. The molecule has 0 fully saturated rings. The standard InChI is InChI=1S/C17H13N/c1-2-6-14-12(5-1)9-10-13-11-18-16-8-4-3-7-15(16)17(13)14/h1-2,4-6,8-11H,3,7H2. The van der Waals surface area contributed by atoms with Gasteiger partial charge >= 0.3 is 0 Å².